The van der Waals surface area contributed by atoms with E-state index in [-0.39, 0.29) is 11.7 Å². The first kappa shape index (κ1) is 9.93. The molecule has 0 amide bonds. The first-order valence-corrected chi connectivity index (χ1v) is 5.43. The number of thiophene rings is 1. The van der Waals surface area contributed by atoms with Crippen LogP contribution < -0.4 is 0 Å². The molecule has 1 heterocycles. The van der Waals surface area contributed by atoms with Crippen molar-refractivity contribution in [1.82, 2.24) is 0 Å². The van der Waals surface area contributed by atoms with Crippen molar-refractivity contribution in [3.05, 3.63) is 20.3 Å². The maximum Gasteiger partial charge on any atom is 0.166 e. The number of hydrogen-bond acceptors (Lipinski definition) is 2. The molecule has 0 N–H and O–H groups in total. The monoisotopic (exact) mass is 246 g/mol. The smallest absolute Gasteiger partial charge is 0.166 e. The lowest BCUT2D eigenvalue weighted by Gasteiger charge is -2.01. The van der Waals surface area contributed by atoms with Crippen molar-refractivity contribution in [3.8, 4) is 0 Å². The number of rotatable bonds is 2. The van der Waals surface area contributed by atoms with Gasteiger partial charge in [-0.2, -0.15) is 0 Å². The number of carbonyl (C=O) groups excluding carboxylic acids is 1. The Morgan fingerprint density at radius 3 is 2.50 bits per heavy atom. The predicted molar refractivity (Wildman–Crippen MR) is 55.9 cm³/mol. The molecule has 1 aromatic rings. The highest BCUT2D eigenvalue weighted by Gasteiger charge is 2.14. The van der Waals surface area contributed by atoms with Crippen molar-refractivity contribution >= 4 is 33.0 Å². The van der Waals surface area contributed by atoms with Crippen LogP contribution >= 0.6 is 27.3 Å². The largest absolute Gasteiger partial charge is 0.294 e. The fourth-order valence-corrected chi connectivity index (χ4v) is 2.70. The van der Waals surface area contributed by atoms with Gasteiger partial charge in [0.25, 0.3) is 0 Å². The van der Waals surface area contributed by atoms with Crippen LogP contribution in [-0.2, 0) is 0 Å². The van der Waals surface area contributed by atoms with Gasteiger partial charge in [-0.1, -0.05) is 13.8 Å². The third kappa shape index (κ3) is 1.96. The van der Waals surface area contributed by atoms with Crippen molar-refractivity contribution in [3.63, 3.8) is 0 Å². The first-order chi connectivity index (χ1) is 5.52. The zero-order valence-electron chi connectivity index (χ0n) is 7.35. The molecule has 0 aliphatic carbocycles. The van der Waals surface area contributed by atoms with E-state index in [4.69, 9.17) is 0 Å². The van der Waals surface area contributed by atoms with Crippen molar-refractivity contribution in [2.45, 2.75) is 20.8 Å². The number of hydrogen-bond donors (Lipinski definition) is 0. The van der Waals surface area contributed by atoms with E-state index in [9.17, 15) is 4.79 Å². The highest BCUT2D eigenvalue weighted by atomic mass is 79.9. The summed E-state index contributed by atoms with van der Waals surface area (Å²) in [6.07, 6.45) is 0. The van der Waals surface area contributed by atoms with Crippen LogP contribution in [0.2, 0.25) is 0 Å². The van der Waals surface area contributed by atoms with Crippen LogP contribution in [0.1, 0.15) is 29.1 Å². The van der Waals surface area contributed by atoms with Crippen LogP contribution in [0.25, 0.3) is 0 Å². The minimum atomic E-state index is 0.0881. The molecule has 66 valence electrons. The van der Waals surface area contributed by atoms with Gasteiger partial charge >= 0.3 is 0 Å². The van der Waals surface area contributed by atoms with Crippen LogP contribution in [0.15, 0.2) is 9.85 Å². The molecule has 1 rings (SSSR count). The van der Waals surface area contributed by atoms with E-state index in [1.807, 2.05) is 26.8 Å². The predicted octanol–water partition coefficient (Wildman–Crippen LogP) is 3.66. The Balaban J connectivity index is 3.02. The van der Waals surface area contributed by atoms with E-state index < -0.39 is 0 Å². The summed E-state index contributed by atoms with van der Waals surface area (Å²) in [4.78, 5) is 12.7. The summed E-state index contributed by atoms with van der Waals surface area (Å²) in [5.41, 5.74) is 0.863. The molecule has 0 saturated heterocycles. The summed E-state index contributed by atoms with van der Waals surface area (Å²) >= 11 is 4.98. The Morgan fingerprint density at radius 1 is 1.58 bits per heavy atom. The van der Waals surface area contributed by atoms with Crippen LogP contribution in [0.3, 0.4) is 0 Å². The third-order valence-corrected chi connectivity index (χ3v) is 3.23. The molecule has 0 bridgehead atoms. The lowest BCUT2D eigenvalue weighted by Crippen LogP contribution is -2.06. The number of carbonyl (C=O) groups is 1. The zero-order valence-corrected chi connectivity index (χ0v) is 9.75. The van der Waals surface area contributed by atoms with E-state index >= 15 is 0 Å². The third-order valence-electron chi connectivity index (χ3n) is 1.68. The van der Waals surface area contributed by atoms with Gasteiger partial charge in [0.1, 0.15) is 0 Å². The summed E-state index contributed by atoms with van der Waals surface area (Å²) in [6.45, 7) is 5.83. The second kappa shape index (κ2) is 3.71. The SMILES string of the molecule is Cc1sc(Br)cc1C(=O)C(C)C. The van der Waals surface area contributed by atoms with Gasteiger partial charge in [0.05, 0.1) is 3.79 Å². The molecular formula is C9H11BrOS. The van der Waals surface area contributed by atoms with E-state index in [1.54, 1.807) is 11.3 Å². The Morgan fingerprint density at radius 2 is 2.17 bits per heavy atom. The normalized spacial score (nSPS) is 10.8. The number of ketones is 1. The molecule has 0 aliphatic heterocycles. The Labute approximate surface area is 84.9 Å². The van der Waals surface area contributed by atoms with Crippen molar-refractivity contribution in [2.24, 2.45) is 5.92 Å². The fraction of sp³-hybridized carbons (Fsp3) is 0.444. The fourth-order valence-electron chi connectivity index (χ4n) is 1.00. The Hall–Kier alpha value is -0.150. The molecule has 0 spiro atoms. The molecular weight excluding hydrogens is 236 g/mol. The van der Waals surface area contributed by atoms with Gasteiger partial charge in [-0.3, -0.25) is 4.79 Å². The molecule has 0 fully saturated rings. The van der Waals surface area contributed by atoms with Crippen LogP contribution in [0, 0.1) is 12.8 Å². The Kier molecular flexibility index (Phi) is 3.07. The number of aryl methyl sites for hydroxylation is 1. The summed E-state index contributed by atoms with van der Waals surface area (Å²) in [5, 5.41) is 0. The molecule has 0 radical (unpaired) electrons. The van der Waals surface area contributed by atoms with Crippen LogP contribution in [-0.4, -0.2) is 5.78 Å². The van der Waals surface area contributed by atoms with E-state index in [2.05, 4.69) is 15.9 Å². The van der Waals surface area contributed by atoms with Gasteiger partial charge in [0.15, 0.2) is 5.78 Å². The molecule has 0 atom stereocenters. The second-order valence-electron chi connectivity index (χ2n) is 3.04. The number of Topliss-reactive ketones (excluding diaryl/α,β-unsaturated/α-hetero) is 1. The highest BCUT2D eigenvalue weighted by molar-refractivity contribution is 9.11. The standard InChI is InChI=1S/C9H11BrOS/c1-5(2)9(11)7-4-8(10)12-6(7)3/h4-5H,1-3H3. The van der Waals surface area contributed by atoms with Gasteiger partial charge in [-0.25, -0.2) is 0 Å². The summed E-state index contributed by atoms with van der Waals surface area (Å²) in [6, 6.07) is 1.91. The molecule has 0 aliphatic rings. The molecule has 0 aromatic carbocycles. The van der Waals surface area contributed by atoms with E-state index in [0.717, 1.165) is 14.2 Å². The first-order valence-electron chi connectivity index (χ1n) is 3.82. The maximum absolute atomic E-state index is 11.6. The van der Waals surface area contributed by atoms with Crippen molar-refractivity contribution in [2.75, 3.05) is 0 Å². The quantitative estimate of drug-likeness (QED) is 0.729. The van der Waals surface area contributed by atoms with Crippen molar-refractivity contribution < 1.29 is 4.79 Å². The molecule has 0 unspecified atom stereocenters. The lowest BCUT2D eigenvalue weighted by molar-refractivity contribution is 0.0939. The molecule has 1 aromatic heterocycles. The molecule has 0 saturated carbocycles. The minimum Gasteiger partial charge on any atom is -0.294 e. The average molecular weight is 247 g/mol. The van der Waals surface area contributed by atoms with Gasteiger partial charge in [-0.05, 0) is 28.9 Å². The molecule has 12 heavy (non-hydrogen) atoms. The van der Waals surface area contributed by atoms with Crippen LogP contribution in [0.5, 0.6) is 0 Å². The van der Waals surface area contributed by atoms with Gasteiger partial charge in [-0.15, -0.1) is 11.3 Å². The highest BCUT2D eigenvalue weighted by Crippen LogP contribution is 2.27. The minimum absolute atomic E-state index is 0.0881. The Bertz CT molecular complexity index is 301. The van der Waals surface area contributed by atoms with Gasteiger partial charge in [0.2, 0.25) is 0 Å². The number of halogens is 1. The topological polar surface area (TPSA) is 17.1 Å². The van der Waals surface area contributed by atoms with Crippen molar-refractivity contribution in [1.29, 1.82) is 0 Å². The van der Waals surface area contributed by atoms with E-state index in [1.165, 1.54) is 0 Å². The average Bonchev–Trinajstić information content (AvgIpc) is 2.28. The molecule has 1 nitrogen and oxygen atoms in total. The van der Waals surface area contributed by atoms with Crippen LogP contribution in [0.4, 0.5) is 0 Å². The summed E-state index contributed by atoms with van der Waals surface area (Å²) < 4.78 is 1.03. The lowest BCUT2D eigenvalue weighted by atomic mass is 10.0. The molecule has 3 heteroatoms. The van der Waals surface area contributed by atoms with Gasteiger partial charge < -0.3 is 0 Å². The maximum atomic E-state index is 11.6. The van der Waals surface area contributed by atoms with E-state index in [0.29, 0.717) is 0 Å². The summed E-state index contributed by atoms with van der Waals surface area (Å²) in [7, 11) is 0. The summed E-state index contributed by atoms with van der Waals surface area (Å²) in [5.74, 6) is 0.319. The van der Waals surface area contributed by atoms with Gasteiger partial charge in [0, 0.05) is 16.4 Å². The zero-order chi connectivity index (χ0) is 9.30. The second-order valence-corrected chi connectivity index (χ2v) is 5.67.